The van der Waals surface area contributed by atoms with Crippen LogP contribution in [0.5, 0.6) is 5.75 Å². The lowest BCUT2D eigenvalue weighted by Crippen LogP contribution is -2.46. The summed E-state index contributed by atoms with van der Waals surface area (Å²) in [7, 11) is 1.55. The fourth-order valence-corrected chi connectivity index (χ4v) is 2.87. The van der Waals surface area contributed by atoms with Gasteiger partial charge >= 0.3 is 0 Å². The standard InChI is InChI=1S/C20H23FN2O3S/c1-26-17-9-5-15(6-10-17)19(24)23-18(11-12-27-2)20(25)22-13-14-3-7-16(21)8-4-14/h3-10,18H,11-13H2,1-2H3,(H,22,25)(H,23,24)/t18-/m0/s1. The van der Waals surface area contributed by atoms with E-state index in [4.69, 9.17) is 4.74 Å². The molecule has 0 heterocycles. The van der Waals surface area contributed by atoms with E-state index < -0.39 is 6.04 Å². The Kier molecular flexibility index (Phi) is 8.13. The van der Waals surface area contributed by atoms with Crippen molar-refractivity contribution in [2.45, 2.75) is 19.0 Å². The Balaban J connectivity index is 1.98. The molecule has 0 aliphatic rings. The number of benzene rings is 2. The van der Waals surface area contributed by atoms with Crippen molar-refractivity contribution in [3.8, 4) is 5.75 Å². The number of halogens is 1. The number of methoxy groups -OCH3 is 1. The summed E-state index contributed by atoms with van der Waals surface area (Å²) in [4.78, 5) is 25.0. The van der Waals surface area contributed by atoms with Crippen LogP contribution in [0.25, 0.3) is 0 Å². The zero-order valence-electron chi connectivity index (χ0n) is 15.3. The molecule has 0 unspecified atom stereocenters. The molecule has 0 spiro atoms. The highest BCUT2D eigenvalue weighted by Crippen LogP contribution is 2.12. The smallest absolute Gasteiger partial charge is 0.251 e. The number of carbonyl (C=O) groups is 2. The van der Waals surface area contributed by atoms with Gasteiger partial charge in [0.15, 0.2) is 0 Å². The second-order valence-electron chi connectivity index (χ2n) is 5.88. The molecule has 2 rings (SSSR count). The lowest BCUT2D eigenvalue weighted by Gasteiger charge is -2.18. The molecule has 2 aromatic rings. The number of ether oxygens (including phenoxy) is 1. The van der Waals surface area contributed by atoms with Crippen molar-refractivity contribution in [2.24, 2.45) is 0 Å². The van der Waals surface area contributed by atoms with Gasteiger partial charge in [-0.25, -0.2) is 4.39 Å². The van der Waals surface area contributed by atoms with E-state index in [1.807, 2.05) is 6.26 Å². The Bertz CT molecular complexity index is 751. The molecule has 0 bridgehead atoms. The molecule has 0 aromatic heterocycles. The van der Waals surface area contributed by atoms with Crippen molar-refractivity contribution in [1.82, 2.24) is 10.6 Å². The molecule has 144 valence electrons. The molecule has 27 heavy (non-hydrogen) atoms. The van der Waals surface area contributed by atoms with Gasteiger partial charge in [0.1, 0.15) is 17.6 Å². The van der Waals surface area contributed by atoms with Gasteiger partial charge in [0.05, 0.1) is 7.11 Å². The van der Waals surface area contributed by atoms with E-state index in [-0.39, 0.29) is 24.2 Å². The summed E-state index contributed by atoms with van der Waals surface area (Å²) in [5, 5.41) is 5.58. The number of amides is 2. The first kappa shape index (κ1) is 20.8. The summed E-state index contributed by atoms with van der Waals surface area (Å²) in [5.74, 6) is 0.477. The summed E-state index contributed by atoms with van der Waals surface area (Å²) in [6, 6.07) is 12.0. The summed E-state index contributed by atoms with van der Waals surface area (Å²) < 4.78 is 18.0. The van der Waals surface area contributed by atoms with Crippen LogP contribution in [0, 0.1) is 5.82 Å². The minimum Gasteiger partial charge on any atom is -0.497 e. The minimum atomic E-state index is -0.646. The van der Waals surface area contributed by atoms with Gasteiger partial charge < -0.3 is 15.4 Å². The molecule has 7 heteroatoms. The average molecular weight is 390 g/mol. The third-order valence-corrected chi connectivity index (χ3v) is 4.61. The van der Waals surface area contributed by atoms with Gasteiger partial charge in [-0.3, -0.25) is 9.59 Å². The molecule has 5 nitrogen and oxygen atoms in total. The van der Waals surface area contributed by atoms with Crippen LogP contribution in [0.15, 0.2) is 48.5 Å². The maximum Gasteiger partial charge on any atom is 0.251 e. The monoisotopic (exact) mass is 390 g/mol. The minimum absolute atomic E-state index is 0.268. The number of hydrogen-bond donors (Lipinski definition) is 2. The molecule has 0 saturated carbocycles. The molecule has 2 amide bonds. The quantitative estimate of drug-likeness (QED) is 0.691. The van der Waals surface area contributed by atoms with E-state index >= 15 is 0 Å². The van der Waals surface area contributed by atoms with Crippen LogP contribution < -0.4 is 15.4 Å². The van der Waals surface area contributed by atoms with E-state index in [0.717, 1.165) is 11.3 Å². The molecule has 2 aromatic carbocycles. The maximum absolute atomic E-state index is 13.0. The number of rotatable bonds is 9. The summed E-state index contributed by atoms with van der Waals surface area (Å²) in [5.41, 5.74) is 1.24. The highest BCUT2D eigenvalue weighted by Gasteiger charge is 2.21. The molecular weight excluding hydrogens is 367 g/mol. The van der Waals surface area contributed by atoms with Crippen LogP contribution in [0.1, 0.15) is 22.3 Å². The van der Waals surface area contributed by atoms with Gasteiger partial charge in [-0.1, -0.05) is 12.1 Å². The number of hydrogen-bond acceptors (Lipinski definition) is 4. The normalized spacial score (nSPS) is 11.5. The average Bonchev–Trinajstić information content (AvgIpc) is 2.70. The SMILES string of the molecule is COc1ccc(C(=O)N[C@@H](CCSC)C(=O)NCc2ccc(F)cc2)cc1. The van der Waals surface area contributed by atoms with Crippen LogP contribution >= 0.6 is 11.8 Å². The van der Waals surface area contributed by atoms with Gasteiger partial charge in [-0.2, -0.15) is 11.8 Å². The first-order valence-corrected chi connectivity index (χ1v) is 9.89. The predicted octanol–water partition coefficient (Wildman–Crippen LogP) is 3.00. The van der Waals surface area contributed by atoms with E-state index in [9.17, 15) is 14.0 Å². The second-order valence-corrected chi connectivity index (χ2v) is 6.87. The topological polar surface area (TPSA) is 67.4 Å². The molecule has 0 aliphatic heterocycles. The van der Waals surface area contributed by atoms with E-state index in [1.165, 1.54) is 12.1 Å². The Hall–Kier alpha value is -2.54. The third-order valence-electron chi connectivity index (χ3n) is 3.96. The zero-order valence-corrected chi connectivity index (χ0v) is 16.1. The van der Waals surface area contributed by atoms with Crippen molar-refractivity contribution in [1.29, 1.82) is 0 Å². The van der Waals surface area contributed by atoms with Crippen LogP contribution in [-0.2, 0) is 11.3 Å². The Morgan fingerprint density at radius 2 is 1.78 bits per heavy atom. The van der Waals surface area contributed by atoms with Gasteiger partial charge in [0, 0.05) is 12.1 Å². The fraction of sp³-hybridized carbons (Fsp3) is 0.300. The highest BCUT2D eigenvalue weighted by atomic mass is 32.2. The van der Waals surface area contributed by atoms with Gasteiger partial charge in [0.25, 0.3) is 5.91 Å². The summed E-state index contributed by atoms with van der Waals surface area (Å²) in [6.07, 6.45) is 2.46. The van der Waals surface area contributed by atoms with Crippen molar-refractivity contribution in [2.75, 3.05) is 19.1 Å². The number of carbonyl (C=O) groups excluding carboxylic acids is 2. The van der Waals surface area contributed by atoms with Crippen molar-refractivity contribution in [3.63, 3.8) is 0 Å². The second kappa shape index (κ2) is 10.6. The first-order chi connectivity index (χ1) is 13.0. The van der Waals surface area contributed by atoms with Crippen LogP contribution in [0.2, 0.25) is 0 Å². The van der Waals surface area contributed by atoms with Crippen LogP contribution in [0.3, 0.4) is 0 Å². The number of thioether (sulfide) groups is 1. The molecule has 1 atom stereocenters. The highest BCUT2D eigenvalue weighted by molar-refractivity contribution is 7.98. The molecule has 0 saturated heterocycles. The third kappa shape index (κ3) is 6.60. The molecule has 0 aliphatic carbocycles. The predicted molar refractivity (Wildman–Crippen MR) is 105 cm³/mol. The molecule has 0 radical (unpaired) electrons. The molecule has 2 N–H and O–H groups in total. The van der Waals surface area contributed by atoms with Crippen LogP contribution in [-0.4, -0.2) is 37.0 Å². The molecular formula is C20H23FN2O3S. The van der Waals surface area contributed by atoms with Crippen molar-refractivity contribution < 1.29 is 18.7 Å². The van der Waals surface area contributed by atoms with E-state index in [1.54, 1.807) is 55.3 Å². The zero-order chi connectivity index (χ0) is 19.6. The lowest BCUT2D eigenvalue weighted by molar-refractivity contribution is -0.123. The van der Waals surface area contributed by atoms with Crippen molar-refractivity contribution >= 4 is 23.6 Å². The van der Waals surface area contributed by atoms with Gasteiger partial charge in [0.2, 0.25) is 5.91 Å². The van der Waals surface area contributed by atoms with E-state index in [2.05, 4.69) is 10.6 Å². The van der Waals surface area contributed by atoms with E-state index in [0.29, 0.717) is 17.7 Å². The Labute approximate surface area is 162 Å². The first-order valence-electron chi connectivity index (χ1n) is 8.49. The Morgan fingerprint density at radius 1 is 1.11 bits per heavy atom. The summed E-state index contributed by atoms with van der Waals surface area (Å²) in [6.45, 7) is 0.271. The Morgan fingerprint density at radius 3 is 2.37 bits per heavy atom. The largest absolute Gasteiger partial charge is 0.497 e. The maximum atomic E-state index is 13.0. The number of nitrogens with one attached hydrogen (secondary N) is 2. The summed E-state index contributed by atoms with van der Waals surface area (Å²) >= 11 is 1.60. The lowest BCUT2D eigenvalue weighted by atomic mass is 10.1. The fourth-order valence-electron chi connectivity index (χ4n) is 2.40. The van der Waals surface area contributed by atoms with Crippen molar-refractivity contribution in [3.05, 3.63) is 65.5 Å². The van der Waals surface area contributed by atoms with Crippen LogP contribution in [0.4, 0.5) is 4.39 Å². The molecule has 0 fully saturated rings. The van der Waals surface area contributed by atoms with Gasteiger partial charge in [-0.05, 0) is 60.4 Å². The van der Waals surface area contributed by atoms with Gasteiger partial charge in [-0.15, -0.1) is 0 Å².